The van der Waals surface area contributed by atoms with Crippen molar-refractivity contribution in [2.75, 3.05) is 52.9 Å². The van der Waals surface area contributed by atoms with Gasteiger partial charge in [-0.05, 0) is 70.6 Å². The second kappa shape index (κ2) is 5.48. The molecule has 4 heteroatoms. The largest absolute Gasteiger partial charge is 0.329 e. The molecule has 0 aliphatic carbocycles. The monoisotopic (exact) mass is 292 g/mol. The molecular formula is C17H32N4. The predicted octanol–water partition coefficient (Wildman–Crippen LogP) is 0.826. The molecule has 120 valence electrons. The van der Waals surface area contributed by atoms with Gasteiger partial charge in [0, 0.05) is 37.8 Å². The van der Waals surface area contributed by atoms with E-state index < -0.39 is 0 Å². The highest BCUT2D eigenvalue weighted by atomic mass is 15.3. The maximum atomic E-state index is 6.37. The fourth-order valence-electron chi connectivity index (χ4n) is 5.92. The number of fused-ring (bicyclic) bond motifs is 4. The first-order valence-corrected chi connectivity index (χ1v) is 9.10. The van der Waals surface area contributed by atoms with Gasteiger partial charge in [0.15, 0.2) is 0 Å². The number of hydrogen-bond donors (Lipinski definition) is 1. The summed E-state index contributed by atoms with van der Waals surface area (Å²) in [7, 11) is 2.33. The summed E-state index contributed by atoms with van der Waals surface area (Å²) in [6, 6.07) is 0.839. The van der Waals surface area contributed by atoms with E-state index in [1.54, 1.807) is 0 Å². The van der Waals surface area contributed by atoms with Crippen molar-refractivity contribution in [1.29, 1.82) is 0 Å². The summed E-state index contributed by atoms with van der Waals surface area (Å²) >= 11 is 0. The van der Waals surface area contributed by atoms with Gasteiger partial charge in [0.1, 0.15) is 0 Å². The zero-order chi connectivity index (χ0) is 14.4. The lowest BCUT2D eigenvalue weighted by atomic mass is 9.70. The highest BCUT2D eigenvalue weighted by Gasteiger charge is 2.51. The minimum absolute atomic E-state index is 0.303. The SMILES string of the molecule is CN1CCCC2CN(C3(CN)CN4CCC3CC4)CCC21. The highest BCUT2D eigenvalue weighted by Crippen LogP contribution is 2.42. The molecule has 0 aromatic heterocycles. The Morgan fingerprint density at radius 2 is 1.86 bits per heavy atom. The summed E-state index contributed by atoms with van der Waals surface area (Å²) in [5.41, 5.74) is 6.68. The molecule has 0 amide bonds. The van der Waals surface area contributed by atoms with E-state index in [-0.39, 0.29) is 0 Å². The van der Waals surface area contributed by atoms with Crippen LogP contribution in [0.4, 0.5) is 0 Å². The van der Waals surface area contributed by atoms with Crippen LogP contribution < -0.4 is 5.73 Å². The Morgan fingerprint density at radius 1 is 1.05 bits per heavy atom. The molecule has 3 unspecified atom stereocenters. The van der Waals surface area contributed by atoms with Gasteiger partial charge in [-0.2, -0.15) is 0 Å². The quantitative estimate of drug-likeness (QED) is 0.818. The number of hydrogen-bond acceptors (Lipinski definition) is 4. The number of rotatable bonds is 2. The van der Waals surface area contributed by atoms with Gasteiger partial charge >= 0.3 is 0 Å². The Hall–Kier alpha value is -0.160. The molecule has 5 aliphatic rings. The molecule has 21 heavy (non-hydrogen) atoms. The summed E-state index contributed by atoms with van der Waals surface area (Å²) in [6.45, 7) is 8.61. The first kappa shape index (κ1) is 14.4. The van der Waals surface area contributed by atoms with Crippen molar-refractivity contribution in [2.24, 2.45) is 17.6 Å². The van der Waals surface area contributed by atoms with E-state index in [0.29, 0.717) is 5.54 Å². The zero-order valence-corrected chi connectivity index (χ0v) is 13.6. The average Bonchev–Trinajstić information content (AvgIpc) is 2.55. The van der Waals surface area contributed by atoms with Gasteiger partial charge in [-0.25, -0.2) is 0 Å². The second-order valence-electron chi connectivity index (χ2n) is 8.04. The fourth-order valence-corrected chi connectivity index (χ4v) is 5.92. The van der Waals surface area contributed by atoms with Crippen LogP contribution in [0.1, 0.15) is 32.1 Å². The highest BCUT2D eigenvalue weighted by molar-refractivity contribution is 5.08. The Morgan fingerprint density at radius 3 is 2.52 bits per heavy atom. The first-order chi connectivity index (χ1) is 10.2. The lowest BCUT2D eigenvalue weighted by Crippen LogP contribution is -2.72. The lowest BCUT2D eigenvalue weighted by molar-refractivity contribution is -0.0973. The van der Waals surface area contributed by atoms with Crippen LogP contribution in [0.5, 0.6) is 0 Å². The van der Waals surface area contributed by atoms with Gasteiger partial charge in [0.05, 0.1) is 0 Å². The average molecular weight is 292 g/mol. The molecular weight excluding hydrogens is 260 g/mol. The molecule has 4 nitrogen and oxygen atoms in total. The van der Waals surface area contributed by atoms with Gasteiger partial charge < -0.3 is 15.5 Å². The lowest BCUT2D eigenvalue weighted by Gasteiger charge is -2.60. The maximum absolute atomic E-state index is 6.37. The Kier molecular flexibility index (Phi) is 3.77. The van der Waals surface area contributed by atoms with Gasteiger partial charge in [-0.15, -0.1) is 0 Å². The minimum atomic E-state index is 0.303. The molecule has 0 spiro atoms. The first-order valence-electron chi connectivity index (χ1n) is 9.10. The van der Waals surface area contributed by atoms with Crippen molar-refractivity contribution >= 4 is 0 Å². The van der Waals surface area contributed by atoms with Crippen molar-refractivity contribution in [3.63, 3.8) is 0 Å². The Labute approximate surface area is 129 Å². The van der Waals surface area contributed by atoms with Crippen LogP contribution in [0.2, 0.25) is 0 Å². The topological polar surface area (TPSA) is 35.7 Å². The smallest absolute Gasteiger partial charge is 0.0487 e. The van der Waals surface area contributed by atoms with Crippen LogP contribution in [0, 0.1) is 11.8 Å². The molecule has 2 N–H and O–H groups in total. The molecule has 0 aromatic carbocycles. The van der Waals surface area contributed by atoms with Gasteiger partial charge in [0.2, 0.25) is 0 Å². The van der Waals surface area contributed by atoms with Crippen LogP contribution in [0.25, 0.3) is 0 Å². The van der Waals surface area contributed by atoms with Crippen molar-refractivity contribution in [3.05, 3.63) is 0 Å². The molecule has 5 rings (SSSR count). The summed E-state index contributed by atoms with van der Waals surface area (Å²) in [5.74, 6) is 1.74. The second-order valence-corrected chi connectivity index (χ2v) is 8.04. The maximum Gasteiger partial charge on any atom is 0.0487 e. The summed E-state index contributed by atoms with van der Waals surface area (Å²) in [5, 5.41) is 0. The third kappa shape index (κ3) is 2.26. The molecule has 2 bridgehead atoms. The number of piperidine rings is 5. The van der Waals surface area contributed by atoms with E-state index in [4.69, 9.17) is 5.73 Å². The predicted molar refractivity (Wildman–Crippen MR) is 86.3 cm³/mol. The van der Waals surface area contributed by atoms with Gasteiger partial charge in [-0.1, -0.05) is 0 Å². The fraction of sp³-hybridized carbons (Fsp3) is 1.00. The van der Waals surface area contributed by atoms with Crippen LogP contribution in [0.15, 0.2) is 0 Å². The number of nitrogens with two attached hydrogens (primary N) is 1. The standard InChI is InChI=1S/C17H32N4/c1-19-7-2-3-14-11-21(10-6-16(14)19)17(12-18)13-20-8-4-15(17)5-9-20/h14-16H,2-13,18H2,1H3. The third-order valence-electron chi connectivity index (χ3n) is 7.17. The van der Waals surface area contributed by atoms with Crippen molar-refractivity contribution in [3.8, 4) is 0 Å². The molecule has 5 fully saturated rings. The summed E-state index contributed by atoms with van der Waals surface area (Å²) < 4.78 is 0. The summed E-state index contributed by atoms with van der Waals surface area (Å²) in [4.78, 5) is 8.13. The van der Waals surface area contributed by atoms with E-state index in [1.165, 1.54) is 71.4 Å². The van der Waals surface area contributed by atoms with E-state index in [2.05, 4.69) is 21.7 Å². The van der Waals surface area contributed by atoms with Gasteiger partial charge in [-0.3, -0.25) is 4.90 Å². The van der Waals surface area contributed by atoms with Crippen molar-refractivity contribution in [2.45, 2.75) is 43.7 Å². The van der Waals surface area contributed by atoms with Crippen LogP contribution in [-0.2, 0) is 0 Å². The normalized spacial score (nSPS) is 48.3. The number of nitrogens with zero attached hydrogens (tertiary/aromatic N) is 3. The van der Waals surface area contributed by atoms with Crippen molar-refractivity contribution < 1.29 is 0 Å². The molecule has 0 radical (unpaired) electrons. The zero-order valence-electron chi connectivity index (χ0n) is 13.6. The molecule has 0 aromatic rings. The molecule has 3 atom stereocenters. The van der Waals surface area contributed by atoms with Crippen LogP contribution >= 0.6 is 0 Å². The molecule has 5 aliphatic heterocycles. The Bertz CT molecular complexity index is 379. The molecule has 5 heterocycles. The van der Waals surface area contributed by atoms with E-state index in [0.717, 1.165) is 24.4 Å². The van der Waals surface area contributed by atoms with E-state index in [9.17, 15) is 0 Å². The van der Waals surface area contributed by atoms with Crippen LogP contribution in [-0.4, -0.2) is 79.1 Å². The minimum Gasteiger partial charge on any atom is -0.329 e. The molecule has 0 saturated carbocycles. The molecule has 5 saturated heterocycles. The van der Waals surface area contributed by atoms with Crippen LogP contribution in [0.3, 0.4) is 0 Å². The Balaban J connectivity index is 1.53. The van der Waals surface area contributed by atoms with Crippen molar-refractivity contribution in [1.82, 2.24) is 14.7 Å². The summed E-state index contributed by atoms with van der Waals surface area (Å²) in [6.07, 6.45) is 6.93. The third-order valence-corrected chi connectivity index (χ3v) is 7.17. The van der Waals surface area contributed by atoms with E-state index >= 15 is 0 Å². The number of likely N-dealkylation sites (tertiary alicyclic amines) is 2. The van der Waals surface area contributed by atoms with E-state index in [1.807, 2.05) is 0 Å². The van der Waals surface area contributed by atoms with Gasteiger partial charge in [0.25, 0.3) is 0 Å².